The number of thioether (sulfide) groups is 1. The summed E-state index contributed by atoms with van der Waals surface area (Å²) in [6.07, 6.45) is 0.440. The summed E-state index contributed by atoms with van der Waals surface area (Å²) in [6, 6.07) is 8.20. The molecular weight excluding hydrogens is 242 g/mol. The molecule has 2 nitrogen and oxygen atoms in total. The second-order valence-electron chi connectivity index (χ2n) is 4.34. The van der Waals surface area contributed by atoms with E-state index in [1.165, 1.54) is 4.90 Å². The summed E-state index contributed by atoms with van der Waals surface area (Å²) in [4.78, 5) is 3.64. The van der Waals surface area contributed by atoms with Crippen molar-refractivity contribution in [1.29, 1.82) is 0 Å². The Morgan fingerprint density at radius 3 is 2.44 bits per heavy atom. The average Bonchev–Trinajstić information content (AvgIpc) is 2.43. The van der Waals surface area contributed by atoms with Gasteiger partial charge in [0, 0.05) is 17.2 Å². The van der Waals surface area contributed by atoms with Crippen molar-refractivity contribution in [2.75, 3.05) is 25.4 Å². The molecule has 1 atom stereocenters. The molecule has 0 saturated heterocycles. The normalized spacial score (nSPS) is 12.9. The van der Waals surface area contributed by atoms with Crippen molar-refractivity contribution < 1.29 is 5.11 Å². The molecule has 1 aromatic rings. The van der Waals surface area contributed by atoms with E-state index in [0.29, 0.717) is 0 Å². The Bertz CT molecular complexity index is 339. The van der Waals surface area contributed by atoms with Crippen molar-refractivity contribution >= 4 is 11.8 Å². The lowest BCUT2D eigenvalue weighted by Gasteiger charge is -2.18. The van der Waals surface area contributed by atoms with Gasteiger partial charge >= 0.3 is 0 Å². The van der Waals surface area contributed by atoms with Gasteiger partial charge in [-0.25, -0.2) is 0 Å². The molecule has 0 aliphatic carbocycles. The van der Waals surface area contributed by atoms with Crippen LogP contribution in [-0.2, 0) is 0 Å². The molecule has 102 valence electrons. The topological polar surface area (TPSA) is 23.5 Å². The van der Waals surface area contributed by atoms with Crippen LogP contribution in [0.1, 0.15) is 38.9 Å². The lowest BCUT2D eigenvalue weighted by Crippen LogP contribution is -2.25. The van der Waals surface area contributed by atoms with Crippen LogP contribution in [0.15, 0.2) is 29.2 Å². The molecule has 0 radical (unpaired) electrons. The maximum Gasteiger partial charge on any atom is 0.0798 e. The highest BCUT2D eigenvalue weighted by Gasteiger charge is 2.10. The second kappa shape index (κ2) is 8.57. The van der Waals surface area contributed by atoms with E-state index in [2.05, 4.69) is 24.8 Å². The summed E-state index contributed by atoms with van der Waals surface area (Å²) in [5, 5.41) is 9.99. The Morgan fingerprint density at radius 1 is 1.17 bits per heavy atom. The van der Waals surface area contributed by atoms with E-state index in [1.807, 2.05) is 36.9 Å². The maximum atomic E-state index is 9.99. The van der Waals surface area contributed by atoms with Crippen LogP contribution in [0.25, 0.3) is 0 Å². The fraction of sp³-hybridized carbons (Fsp3) is 0.600. The number of rotatable bonds is 8. The van der Waals surface area contributed by atoms with Gasteiger partial charge in [-0.1, -0.05) is 39.0 Å². The zero-order chi connectivity index (χ0) is 13.4. The van der Waals surface area contributed by atoms with Gasteiger partial charge in [0.25, 0.3) is 0 Å². The smallest absolute Gasteiger partial charge is 0.0798 e. The van der Waals surface area contributed by atoms with Crippen LogP contribution < -0.4 is 0 Å². The van der Waals surface area contributed by atoms with E-state index in [9.17, 15) is 5.11 Å². The van der Waals surface area contributed by atoms with Gasteiger partial charge in [-0.05, 0) is 31.1 Å². The number of aliphatic hydroxyl groups excluding tert-OH is 1. The minimum atomic E-state index is -0.331. The lowest BCUT2D eigenvalue weighted by molar-refractivity contribution is 0.171. The van der Waals surface area contributed by atoms with E-state index < -0.39 is 0 Å². The Balaban J connectivity index is 2.56. The monoisotopic (exact) mass is 267 g/mol. The van der Waals surface area contributed by atoms with Crippen molar-refractivity contribution in [2.24, 2.45) is 0 Å². The standard InChI is InChI=1S/C15H25NOS/c1-4-14(17)13-9-7-8-10-15(13)18-12-11-16(5-2)6-3/h7-10,14,17H,4-6,11-12H2,1-3H3. The fourth-order valence-corrected chi connectivity index (χ4v) is 3.05. The molecule has 0 spiro atoms. The SMILES string of the molecule is CCC(O)c1ccccc1SCCN(CC)CC. The van der Waals surface area contributed by atoms with Crippen molar-refractivity contribution in [3.05, 3.63) is 29.8 Å². The zero-order valence-electron chi connectivity index (χ0n) is 11.7. The van der Waals surface area contributed by atoms with Crippen LogP contribution in [0, 0.1) is 0 Å². The molecule has 3 heteroatoms. The van der Waals surface area contributed by atoms with E-state index in [-0.39, 0.29) is 6.10 Å². The number of nitrogens with zero attached hydrogens (tertiary/aromatic N) is 1. The van der Waals surface area contributed by atoms with Gasteiger partial charge in [0.15, 0.2) is 0 Å². The van der Waals surface area contributed by atoms with Gasteiger partial charge in [0.05, 0.1) is 6.10 Å². The van der Waals surface area contributed by atoms with Gasteiger partial charge in [0.2, 0.25) is 0 Å². The van der Waals surface area contributed by atoms with Crippen LogP contribution in [-0.4, -0.2) is 35.4 Å². The molecular formula is C15H25NOS. The molecule has 1 aromatic carbocycles. The molecule has 0 bridgehead atoms. The quantitative estimate of drug-likeness (QED) is 0.728. The molecule has 1 rings (SSSR count). The van der Waals surface area contributed by atoms with E-state index >= 15 is 0 Å². The van der Waals surface area contributed by atoms with Gasteiger partial charge in [-0.2, -0.15) is 0 Å². The summed E-state index contributed by atoms with van der Waals surface area (Å²) in [5.74, 6) is 1.08. The highest BCUT2D eigenvalue weighted by Crippen LogP contribution is 2.28. The van der Waals surface area contributed by atoms with Gasteiger partial charge in [-0.15, -0.1) is 11.8 Å². The predicted octanol–water partition coefficient (Wildman–Crippen LogP) is 3.56. The van der Waals surface area contributed by atoms with Crippen LogP contribution in [0.2, 0.25) is 0 Å². The Morgan fingerprint density at radius 2 is 1.83 bits per heavy atom. The fourth-order valence-electron chi connectivity index (χ4n) is 1.93. The van der Waals surface area contributed by atoms with Crippen molar-refractivity contribution in [1.82, 2.24) is 4.90 Å². The lowest BCUT2D eigenvalue weighted by atomic mass is 10.1. The maximum absolute atomic E-state index is 9.99. The molecule has 0 aliphatic rings. The number of hydrogen-bond acceptors (Lipinski definition) is 3. The minimum Gasteiger partial charge on any atom is -0.388 e. The van der Waals surface area contributed by atoms with Crippen molar-refractivity contribution in [2.45, 2.75) is 38.2 Å². The molecule has 0 heterocycles. The second-order valence-corrected chi connectivity index (χ2v) is 5.47. The van der Waals surface area contributed by atoms with Crippen LogP contribution in [0.4, 0.5) is 0 Å². The number of hydrogen-bond donors (Lipinski definition) is 1. The molecule has 0 fully saturated rings. The van der Waals surface area contributed by atoms with E-state index in [4.69, 9.17) is 0 Å². The Kier molecular flexibility index (Phi) is 7.40. The molecule has 0 saturated carbocycles. The molecule has 0 amide bonds. The summed E-state index contributed by atoms with van der Waals surface area (Å²) < 4.78 is 0. The molecule has 1 N–H and O–H groups in total. The number of benzene rings is 1. The molecule has 18 heavy (non-hydrogen) atoms. The van der Waals surface area contributed by atoms with Crippen LogP contribution in [0.3, 0.4) is 0 Å². The van der Waals surface area contributed by atoms with Crippen LogP contribution >= 0.6 is 11.8 Å². The van der Waals surface area contributed by atoms with Crippen molar-refractivity contribution in [3.63, 3.8) is 0 Å². The first-order valence-corrected chi connectivity index (χ1v) is 7.83. The van der Waals surface area contributed by atoms with Gasteiger partial charge in [0.1, 0.15) is 0 Å². The van der Waals surface area contributed by atoms with Crippen molar-refractivity contribution in [3.8, 4) is 0 Å². The zero-order valence-corrected chi connectivity index (χ0v) is 12.5. The van der Waals surface area contributed by atoms with Gasteiger partial charge < -0.3 is 10.0 Å². The summed E-state index contributed by atoms with van der Waals surface area (Å²) in [5.41, 5.74) is 1.07. The summed E-state index contributed by atoms with van der Waals surface area (Å²) in [7, 11) is 0. The Hall–Kier alpha value is -0.510. The minimum absolute atomic E-state index is 0.331. The summed E-state index contributed by atoms with van der Waals surface area (Å²) >= 11 is 1.85. The highest BCUT2D eigenvalue weighted by molar-refractivity contribution is 7.99. The average molecular weight is 267 g/mol. The molecule has 1 unspecified atom stereocenters. The molecule has 0 aromatic heterocycles. The first kappa shape index (κ1) is 15.5. The first-order chi connectivity index (χ1) is 8.72. The third-order valence-corrected chi connectivity index (χ3v) is 4.29. The predicted molar refractivity (Wildman–Crippen MR) is 80.2 cm³/mol. The Labute approximate surface area is 115 Å². The highest BCUT2D eigenvalue weighted by atomic mass is 32.2. The summed E-state index contributed by atoms with van der Waals surface area (Å²) in [6.45, 7) is 9.73. The van der Waals surface area contributed by atoms with Gasteiger partial charge in [-0.3, -0.25) is 0 Å². The van der Waals surface area contributed by atoms with E-state index in [1.54, 1.807) is 0 Å². The third-order valence-electron chi connectivity index (χ3n) is 3.22. The number of aliphatic hydroxyl groups is 1. The third kappa shape index (κ3) is 4.63. The largest absolute Gasteiger partial charge is 0.388 e. The van der Waals surface area contributed by atoms with E-state index in [0.717, 1.165) is 37.4 Å². The first-order valence-electron chi connectivity index (χ1n) is 6.85. The van der Waals surface area contributed by atoms with Crippen LogP contribution in [0.5, 0.6) is 0 Å². The molecule has 0 aliphatic heterocycles.